The molecule has 0 radical (unpaired) electrons. The van der Waals surface area contributed by atoms with Gasteiger partial charge in [-0.1, -0.05) is 15.9 Å². The van der Waals surface area contributed by atoms with Crippen LogP contribution in [-0.4, -0.2) is 24.2 Å². The molecule has 2 aromatic rings. The molecule has 0 spiro atoms. The fourth-order valence-electron chi connectivity index (χ4n) is 1.67. The molecule has 0 atom stereocenters. The number of rotatable bonds is 5. The number of halogens is 1. The van der Waals surface area contributed by atoms with Gasteiger partial charge in [-0.2, -0.15) is 0 Å². The molecular formula is C14H11BrO5S. The van der Waals surface area contributed by atoms with Gasteiger partial charge >= 0.3 is 11.9 Å². The molecule has 110 valence electrons. The Morgan fingerprint density at radius 2 is 2.14 bits per heavy atom. The third-order valence-corrected chi connectivity index (χ3v) is 4.27. The van der Waals surface area contributed by atoms with E-state index in [1.807, 2.05) is 0 Å². The number of ether oxygens (including phenoxy) is 1. The summed E-state index contributed by atoms with van der Waals surface area (Å²) in [6.07, 6.45) is 1.40. The van der Waals surface area contributed by atoms with Gasteiger partial charge in [-0.3, -0.25) is 0 Å². The third kappa shape index (κ3) is 3.68. The molecule has 0 saturated heterocycles. The van der Waals surface area contributed by atoms with Gasteiger partial charge in [-0.25, -0.2) is 9.59 Å². The van der Waals surface area contributed by atoms with Crippen LogP contribution in [0.2, 0.25) is 0 Å². The van der Waals surface area contributed by atoms with E-state index in [1.54, 1.807) is 18.2 Å². The van der Waals surface area contributed by atoms with Gasteiger partial charge in [-0.15, -0.1) is 11.8 Å². The number of carboxylic acids is 1. The maximum atomic E-state index is 11.5. The van der Waals surface area contributed by atoms with Gasteiger partial charge in [0, 0.05) is 20.7 Å². The smallest absolute Gasteiger partial charge is 0.374 e. The van der Waals surface area contributed by atoms with Crippen LogP contribution in [-0.2, 0) is 10.5 Å². The Morgan fingerprint density at radius 1 is 1.38 bits per heavy atom. The molecule has 0 bridgehead atoms. The van der Waals surface area contributed by atoms with Crippen LogP contribution in [0.15, 0.2) is 44.3 Å². The Hall–Kier alpha value is -1.73. The van der Waals surface area contributed by atoms with E-state index in [9.17, 15) is 14.7 Å². The molecule has 1 aromatic carbocycles. The molecule has 0 saturated carbocycles. The van der Waals surface area contributed by atoms with Crippen molar-refractivity contribution in [2.75, 3.05) is 7.11 Å². The second kappa shape index (κ2) is 6.82. The van der Waals surface area contributed by atoms with Crippen LogP contribution in [0.3, 0.4) is 0 Å². The predicted molar refractivity (Wildman–Crippen MR) is 80.7 cm³/mol. The fraction of sp³-hybridized carbons (Fsp3) is 0.143. The van der Waals surface area contributed by atoms with E-state index in [0.717, 1.165) is 4.47 Å². The SMILES string of the molecule is COC(=O)c1occc1CSc1cc(Br)ccc1C(=O)O. The second-order valence-electron chi connectivity index (χ2n) is 4.00. The van der Waals surface area contributed by atoms with Gasteiger partial charge in [0.25, 0.3) is 0 Å². The van der Waals surface area contributed by atoms with E-state index in [-0.39, 0.29) is 11.3 Å². The zero-order valence-corrected chi connectivity index (χ0v) is 13.4. The monoisotopic (exact) mass is 370 g/mol. The summed E-state index contributed by atoms with van der Waals surface area (Å²) < 4.78 is 10.5. The molecule has 7 heteroatoms. The van der Waals surface area contributed by atoms with Crippen molar-refractivity contribution >= 4 is 39.6 Å². The van der Waals surface area contributed by atoms with Gasteiger partial charge in [0.2, 0.25) is 5.76 Å². The van der Waals surface area contributed by atoms with Crippen LogP contribution in [0, 0.1) is 0 Å². The summed E-state index contributed by atoms with van der Waals surface area (Å²) in [6, 6.07) is 6.60. The number of carbonyl (C=O) groups excluding carboxylic acids is 1. The molecule has 1 heterocycles. The number of carbonyl (C=O) groups is 2. The Morgan fingerprint density at radius 3 is 2.81 bits per heavy atom. The number of carboxylic acid groups (broad SMARTS) is 1. The number of esters is 1. The molecule has 1 aromatic heterocycles. The van der Waals surface area contributed by atoms with Crippen molar-refractivity contribution in [1.29, 1.82) is 0 Å². The lowest BCUT2D eigenvalue weighted by Crippen LogP contribution is -2.03. The Labute approximate surface area is 133 Å². The largest absolute Gasteiger partial charge is 0.478 e. The molecule has 0 aliphatic heterocycles. The molecule has 2 rings (SSSR count). The van der Waals surface area contributed by atoms with E-state index >= 15 is 0 Å². The molecule has 0 aliphatic carbocycles. The zero-order valence-electron chi connectivity index (χ0n) is 11.0. The van der Waals surface area contributed by atoms with Gasteiger partial charge in [-0.05, 0) is 24.3 Å². The number of thioether (sulfide) groups is 1. The van der Waals surface area contributed by atoms with E-state index < -0.39 is 11.9 Å². The highest BCUT2D eigenvalue weighted by molar-refractivity contribution is 9.10. The van der Waals surface area contributed by atoms with Gasteiger partial charge < -0.3 is 14.3 Å². The third-order valence-electron chi connectivity index (χ3n) is 2.67. The van der Waals surface area contributed by atoms with Crippen LogP contribution < -0.4 is 0 Å². The van der Waals surface area contributed by atoms with Crippen LogP contribution in [0.4, 0.5) is 0 Å². The molecule has 0 amide bonds. The minimum Gasteiger partial charge on any atom is -0.478 e. The zero-order chi connectivity index (χ0) is 15.4. The summed E-state index contributed by atoms with van der Waals surface area (Å²) in [5.41, 5.74) is 0.870. The Balaban J connectivity index is 2.21. The summed E-state index contributed by atoms with van der Waals surface area (Å²) >= 11 is 4.62. The maximum Gasteiger partial charge on any atom is 0.374 e. The normalized spacial score (nSPS) is 10.4. The average Bonchev–Trinajstić information content (AvgIpc) is 2.92. The predicted octanol–water partition coefficient (Wildman–Crippen LogP) is 3.82. The van der Waals surface area contributed by atoms with Gasteiger partial charge in [0.1, 0.15) is 0 Å². The minimum absolute atomic E-state index is 0.136. The van der Waals surface area contributed by atoms with Crippen LogP contribution in [0.5, 0.6) is 0 Å². The first-order valence-electron chi connectivity index (χ1n) is 5.83. The number of benzene rings is 1. The standard InChI is InChI=1S/C14H11BrO5S/c1-19-14(18)12-8(4-5-20-12)7-21-11-6-9(15)2-3-10(11)13(16)17/h2-6H,7H2,1H3,(H,16,17). The molecule has 0 aliphatic rings. The molecule has 1 N–H and O–H groups in total. The first-order chi connectivity index (χ1) is 10.0. The van der Waals surface area contributed by atoms with E-state index in [4.69, 9.17) is 4.42 Å². The summed E-state index contributed by atoms with van der Waals surface area (Å²) in [7, 11) is 1.28. The van der Waals surface area contributed by atoms with Crippen molar-refractivity contribution in [2.24, 2.45) is 0 Å². The molecule has 5 nitrogen and oxygen atoms in total. The number of aromatic carboxylic acids is 1. The van der Waals surface area contributed by atoms with Crippen molar-refractivity contribution in [1.82, 2.24) is 0 Å². The first-order valence-corrected chi connectivity index (χ1v) is 7.61. The van der Waals surface area contributed by atoms with Crippen molar-refractivity contribution in [3.8, 4) is 0 Å². The lowest BCUT2D eigenvalue weighted by atomic mass is 10.2. The molecular weight excluding hydrogens is 360 g/mol. The van der Waals surface area contributed by atoms with Crippen LogP contribution in [0.1, 0.15) is 26.5 Å². The van der Waals surface area contributed by atoms with E-state index in [2.05, 4.69) is 20.7 Å². The van der Waals surface area contributed by atoms with Gasteiger partial charge in [0.15, 0.2) is 0 Å². The van der Waals surface area contributed by atoms with Gasteiger partial charge in [0.05, 0.1) is 18.9 Å². The quantitative estimate of drug-likeness (QED) is 0.636. The average molecular weight is 371 g/mol. The van der Waals surface area contributed by atoms with Crippen molar-refractivity contribution in [3.05, 3.63) is 51.9 Å². The first kappa shape index (κ1) is 15.7. The molecule has 21 heavy (non-hydrogen) atoms. The molecule has 0 unspecified atom stereocenters. The second-order valence-corrected chi connectivity index (χ2v) is 5.93. The Kier molecular flexibility index (Phi) is 5.08. The Bertz CT molecular complexity index is 680. The van der Waals surface area contributed by atoms with Crippen molar-refractivity contribution in [3.63, 3.8) is 0 Å². The lowest BCUT2D eigenvalue weighted by molar-refractivity contribution is 0.0563. The molecule has 0 fully saturated rings. The maximum absolute atomic E-state index is 11.5. The number of hydrogen-bond donors (Lipinski definition) is 1. The van der Waals surface area contributed by atoms with Crippen LogP contribution >= 0.6 is 27.7 Å². The highest BCUT2D eigenvalue weighted by Gasteiger charge is 2.17. The number of hydrogen-bond acceptors (Lipinski definition) is 5. The summed E-state index contributed by atoms with van der Waals surface area (Å²) in [4.78, 5) is 23.3. The van der Waals surface area contributed by atoms with Crippen molar-refractivity contribution in [2.45, 2.75) is 10.6 Å². The number of furan rings is 1. The van der Waals surface area contributed by atoms with E-state index in [0.29, 0.717) is 16.2 Å². The summed E-state index contributed by atoms with van der Waals surface area (Å²) in [6.45, 7) is 0. The van der Waals surface area contributed by atoms with Crippen LogP contribution in [0.25, 0.3) is 0 Å². The fourth-order valence-corrected chi connectivity index (χ4v) is 3.24. The minimum atomic E-state index is -0.995. The summed E-state index contributed by atoms with van der Waals surface area (Å²) in [5.74, 6) is -1.01. The lowest BCUT2D eigenvalue weighted by Gasteiger charge is -2.06. The highest BCUT2D eigenvalue weighted by atomic mass is 79.9. The number of methoxy groups -OCH3 is 1. The van der Waals surface area contributed by atoms with E-state index in [1.165, 1.54) is 31.2 Å². The highest BCUT2D eigenvalue weighted by Crippen LogP contribution is 2.30. The van der Waals surface area contributed by atoms with Crippen molar-refractivity contribution < 1.29 is 23.8 Å². The summed E-state index contributed by atoms with van der Waals surface area (Å²) in [5, 5.41) is 9.17. The topological polar surface area (TPSA) is 76.7 Å².